The van der Waals surface area contributed by atoms with E-state index in [1.165, 1.54) is 5.56 Å². The van der Waals surface area contributed by atoms with E-state index in [2.05, 4.69) is 6.92 Å². The van der Waals surface area contributed by atoms with Crippen LogP contribution in [0, 0.1) is 34.6 Å². The van der Waals surface area contributed by atoms with Crippen LogP contribution >= 0.6 is 11.6 Å². The van der Waals surface area contributed by atoms with Crippen LogP contribution in [0.4, 0.5) is 0 Å². The maximum atomic E-state index is 12.6. The van der Waals surface area contributed by atoms with Crippen LogP contribution in [0.1, 0.15) is 50.2 Å². The third-order valence-corrected chi connectivity index (χ3v) is 7.13. The smallest absolute Gasteiger partial charge is 0.163 e. The highest BCUT2D eigenvalue weighted by molar-refractivity contribution is 7.90. The lowest BCUT2D eigenvalue weighted by Crippen LogP contribution is -2.16. The molecular weight excluding hydrogens is 368 g/mol. The summed E-state index contributed by atoms with van der Waals surface area (Å²) in [5, 5.41) is 0.547. The standard InChI is InChI=1S/C21H25ClO3S/c1-13-14(2)16(4)20(17(5)15(13)3)12-26(24,25)11-10-21(23)18-6-8-19(22)9-7-18/h6-9H,10-12H2,1-5H3. The summed E-state index contributed by atoms with van der Waals surface area (Å²) < 4.78 is 25.3. The Kier molecular flexibility index (Phi) is 6.30. The van der Waals surface area contributed by atoms with E-state index in [-0.39, 0.29) is 23.7 Å². The summed E-state index contributed by atoms with van der Waals surface area (Å²) in [6.07, 6.45) is -0.0219. The second kappa shape index (κ2) is 7.93. The molecule has 5 heteroatoms. The lowest BCUT2D eigenvalue weighted by molar-refractivity contribution is 0.0988. The summed E-state index contributed by atoms with van der Waals surface area (Å²) in [6, 6.07) is 6.51. The molecule has 0 aliphatic heterocycles. The highest BCUT2D eigenvalue weighted by Crippen LogP contribution is 2.27. The van der Waals surface area contributed by atoms with Crippen molar-refractivity contribution in [1.29, 1.82) is 0 Å². The number of sulfone groups is 1. The van der Waals surface area contributed by atoms with Crippen molar-refractivity contribution in [1.82, 2.24) is 0 Å². The van der Waals surface area contributed by atoms with Crippen LogP contribution in [-0.4, -0.2) is 20.0 Å². The molecule has 0 aliphatic rings. The number of benzene rings is 2. The Morgan fingerprint density at radius 2 is 1.31 bits per heavy atom. The number of hydrogen-bond acceptors (Lipinski definition) is 3. The molecule has 0 atom stereocenters. The van der Waals surface area contributed by atoms with E-state index in [4.69, 9.17) is 11.6 Å². The van der Waals surface area contributed by atoms with E-state index in [0.29, 0.717) is 10.6 Å². The van der Waals surface area contributed by atoms with E-state index in [1.54, 1.807) is 24.3 Å². The number of Topliss-reactive ketones (excluding diaryl/α,β-unsaturated/α-hetero) is 1. The predicted octanol–water partition coefficient (Wildman–Crippen LogP) is 5.07. The minimum absolute atomic E-state index is 0.0219. The number of hydrogen-bond donors (Lipinski definition) is 0. The topological polar surface area (TPSA) is 51.2 Å². The molecular formula is C21H25ClO3S. The Morgan fingerprint density at radius 1 is 0.846 bits per heavy atom. The van der Waals surface area contributed by atoms with Gasteiger partial charge in [-0.15, -0.1) is 0 Å². The van der Waals surface area contributed by atoms with E-state index in [1.807, 2.05) is 27.7 Å². The van der Waals surface area contributed by atoms with E-state index in [0.717, 1.165) is 27.8 Å². The third kappa shape index (κ3) is 4.54. The van der Waals surface area contributed by atoms with Gasteiger partial charge in [0.25, 0.3) is 0 Å². The Labute approximate surface area is 161 Å². The molecule has 0 fully saturated rings. The van der Waals surface area contributed by atoms with Gasteiger partial charge in [0.1, 0.15) is 0 Å². The van der Waals surface area contributed by atoms with Crippen molar-refractivity contribution >= 4 is 27.2 Å². The molecule has 0 saturated carbocycles. The average molecular weight is 393 g/mol. The molecule has 3 nitrogen and oxygen atoms in total. The van der Waals surface area contributed by atoms with Crippen LogP contribution < -0.4 is 0 Å². The van der Waals surface area contributed by atoms with Gasteiger partial charge in [-0.2, -0.15) is 0 Å². The SMILES string of the molecule is Cc1c(C)c(C)c(CS(=O)(=O)CCC(=O)c2ccc(Cl)cc2)c(C)c1C. The second-order valence-electron chi connectivity index (χ2n) is 6.88. The van der Waals surface area contributed by atoms with Crippen LogP contribution in [0.3, 0.4) is 0 Å². The Bertz CT molecular complexity index is 913. The van der Waals surface area contributed by atoms with Gasteiger partial charge in [-0.05, 0) is 92.3 Å². The summed E-state index contributed by atoms with van der Waals surface area (Å²) >= 11 is 5.82. The van der Waals surface area contributed by atoms with Crippen molar-refractivity contribution < 1.29 is 13.2 Å². The van der Waals surface area contributed by atoms with Crippen LogP contribution in [0.5, 0.6) is 0 Å². The average Bonchev–Trinajstić information content (AvgIpc) is 2.60. The number of carbonyl (C=O) groups is 1. The molecule has 0 aliphatic carbocycles. The molecule has 0 N–H and O–H groups in total. The van der Waals surface area contributed by atoms with Crippen molar-refractivity contribution in [2.24, 2.45) is 0 Å². The predicted molar refractivity (Wildman–Crippen MR) is 108 cm³/mol. The highest BCUT2D eigenvalue weighted by Gasteiger charge is 2.20. The number of rotatable bonds is 6. The van der Waals surface area contributed by atoms with Gasteiger partial charge in [0.2, 0.25) is 0 Å². The minimum Gasteiger partial charge on any atom is -0.294 e. The van der Waals surface area contributed by atoms with E-state index in [9.17, 15) is 13.2 Å². The minimum atomic E-state index is -3.38. The molecule has 26 heavy (non-hydrogen) atoms. The molecule has 0 saturated heterocycles. The number of ketones is 1. The highest BCUT2D eigenvalue weighted by atomic mass is 35.5. The maximum Gasteiger partial charge on any atom is 0.163 e. The molecule has 0 aromatic heterocycles. The lowest BCUT2D eigenvalue weighted by Gasteiger charge is -2.18. The zero-order valence-electron chi connectivity index (χ0n) is 15.9. The molecule has 2 rings (SSSR count). The van der Waals surface area contributed by atoms with Crippen molar-refractivity contribution in [3.8, 4) is 0 Å². The summed E-state index contributed by atoms with van der Waals surface area (Å²) in [5.41, 5.74) is 6.88. The Balaban J connectivity index is 2.17. The zero-order valence-corrected chi connectivity index (χ0v) is 17.5. The molecule has 0 unspecified atom stereocenters. The van der Waals surface area contributed by atoms with Crippen molar-refractivity contribution in [3.63, 3.8) is 0 Å². The summed E-state index contributed by atoms with van der Waals surface area (Å²) in [5.74, 6) is -0.366. The molecule has 2 aromatic carbocycles. The summed E-state index contributed by atoms with van der Waals surface area (Å²) in [4.78, 5) is 12.2. The molecule has 140 valence electrons. The Hall–Kier alpha value is -1.65. The van der Waals surface area contributed by atoms with Crippen LogP contribution in [-0.2, 0) is 15.6 Å². The molecule has 0 spiro atoms. The fraction of sp³-hybridized carbons (Fsp3) is 0.381. The summed E-state index contributed by atoms with van der Waals surface area (Å²) in [7, 11) is -3.38. The first-order chi connectivity index (χ1) is 12.0. The first kappa shape index (κ1) is 20.7. The maximum absolute atomic E-state index is 12.6. The molecule has 0 bridgehead atoms. The molecule has 0 radical (unpaired) electrons. The van der Waals surface area contributed by atoms with Gasteiger partial charge in [-0.1, -0.05) is 11.6 Å². The van der Waals surface area contributed by atoms with Gasteiger partial charge in [0.05, 0.1) is 11.5 Å². The first-order valence-electron chi connectivity index (χ1n) is 8.58. The fourth-order valence-electron chi connectivity index (χ4n) is 3.11. The molecule has 0 amide bonds. The number of carbonyl (C=O) groups excluding carboxylic acids is 1. The van der Waals surface area contributed by atoms with Gasteiger partial charge < -0.3 is 0 Å². The van der Waals surface area contributed by atoms with Gasteiger partial charge in [-0.3, -0.25) is 4.79 Å². The first-order valence-corrected chi connectivity index (χ1v) is 10.8. The van der Waals surface area contributed by atoms with Crippen LogP contribution in [0.2, 0.25) is 5.02 Å². The van der Waals surface area contributed by atoms with Crippen LogP contribution in [0.15, 0.2) is 24.3 Å². The zero-order chi connectivity index (χ0) is 19.6. The van der Waals surface area contributed by atoms with Gasteiger partial charge in [0.15, 0.2) is 15.6 Å². The molecule has 2 aromatic rings. The van der Waals surface area contributed by atoms with Gasteiger partial charge in [-0.25, -0.2) is 8.42 Å². The van der Waals surface area contributed by atoms with Crippen LogP contribution in [0.25, 0.3) is 0 Å². The third-order valence-electron chi connectivity index (χ3n) is 5.33. The van der Waals surface area contributed by atoms with Gasteiger partial charge in [0, 0.05) is 17.0 Å². The van der Waals surface area contributed by atoms with Crippen molar-refractivity contribution in [2.45, 2.75) is 46.8 Å². The van der Waals surface area contributed by atoms with E-state index < -0.39 is 9.84 Å². The van der Waals surface area contributed by atoms with Crippen molar-refractivity contribution in [3.05, 3.63) is 68.2 Å². The Morgan fingerprint density at radius 3 is 1.81 bits per heavy atom. The largest absolute Gasteiger partial charge is 0.294 e. The molecule has 0 heterocycles. The van der Waals surface area contributed by atoms with E-state index >= 15 is 0 Å². The van der Waals surface area contributed by atoms with Gasteiger partial charge >= 0.3 is 0 Å². The second-order valence-corrected chi connectivity index (χ2v) is 9.50. The monoisotopic (exact) mass is 392 g/mol. The number of halogens is 1. The normalized spacial score (nSPS) is 11.6. The fourth-order valence-corrected chi connectivity index (χ4v) is 4.75. The lowest BCUT2D eigenvalue weighted by atomic mass is 9.90. The quantitative estimate of drug-likeness (QED) is 0.645. The van der Waals surface area contributed by atoms with Crippen molar-refractivity contribution in [2.75, 3.05) is 5.75 Å². The summed E-state index contributed by atoms with van der Waals surface area (Å²) in [6.45, 7) is 10.1.